The fraction of sp³-hybridized carbons (Fsp3) is 0.314. The topological polar surface area (TPSA) is 136 Å². The number of carbonyl (C=O) groups is 3. The zero-order valence-corrected chi connectivity index (χ0v) is 29.9. The summed E-state index contributed by atoms with van der Waals surface area (Å²) in [5.74, 6) is -1.85. The van der Waals surface area contributed by atoms with Crippen LogP contribution in [0, 0.1) is 17.0 Å². The van der Waals surface area contributed by atoms with E-state index < -0.39 is 34.8 Å². The maximum Gasteiger partial charge on any atom is 1.00 e. The summed E-state index contributed by atoms with van der Waals surface area (Å²) < 4.78 is 46.2. The predicted octanol–water partition coefficient (Wildman–Crippen LogP) is 4.59. The summed E-state index contributed by atoms with van der Waals surface area (Å²) in [6.07, 6.45) is 5.35. The third-order valence-electron chi connectivity index (χ3n) is 7.74. The number of aliphatic carboxylic acids is 1. The molecule has 13 heteroatoms. The van der Waals surface area contributed by atoms with Crippen molar-refractivity contribution in [2.24, 2.45) is 5.41 Å². The Morgan fingerprint density at radius 2 is 1.50 bits per heavy atom. The van der Waals surface area contributed by atoms with Gasteiger partial charge in [-0.15, -0.1) is 0 Å². The minimum atomic E-state index is -1.29. The van der Waals surface area contributed by atoms with Gasteiger partial charge in [0.2, 0.25) is 11.8 Å². The maximum atomic E-state index is 15.3. The number of fused-ring (bicyclic) bond motifs is 1. The van der Waals surface area contributed by atoms with Crippen molar-refractivity contribution in [3.63, 3.8) is 0 Å². The SMILES string of the molecule is CCOc1cc2c(Oc3ccc(NC(=O)C4(C(=O)Nc5ccc(F)cc5)CC4)cc3F)ccnc2cc1OCCCCCCC(=O)O.[H-].[K+]. The van der Waals surface area contributed by atoms with Crippen molar-refractivity contribution in [3.05, 3.63) is 78.5 Å². The van der Waals surface area contributed by atoms with Crippen LogP contribution in [0.1, 0.15) is 53.3 Å². The van der Waals surface area contributed by atoms with Gasteiger partial charge in [-0.05, 0) is 81.1 Å². The number of hydrogen-bond acceptors (Lipinski definition) is 7. The third-order valence-corrected chi connectivity index (χ3v) is 7.74. The molecule has 0 saturated heterocycles. The molecular formula is C35H36F2KN3O7. The number of amides is 2. The van der Waals surface area contributed by atoms with Crippen LogP contribution in [0.5, 0.6) is 23.0 Å². The second-order valence-corrected chi connectivity index (χ2v) is 11.2. The summed E-state index contributed by atoms with van der Waals surface area (Å²) in [7, 11) is 0. The molecule has 2 amide bonds. The van der Waals surface area contributed by atoms with E-state index in [1.54, 1.807) is 18.2 Å². The molecule has 48 heavy (non-hydrogen) atoms. The van der Waals surface area contributed by atoms with Gasteiger partial charge in [0.05, 0.1) is 18.7 Å². The number of benzene rings is 3. The van der Waals surface area contributed by atoms with Crippen molar-refractivity contribution in [1.82, 2.24) is 4.98 Å². The number of nitrogens with one attached hydrogen (secondary N) is 2. The first-order valence-electron chi connectivity index (χ1n) is 15.4. The van der Waals surface area contributed by atoms with Crippen molar-refractivity contribution < 1.29 is 95.3 Å². The molecule has 0 unspecified atom stereocenters. The molecule has 1 aliphatic rings. The van der Waals surface area contributed by atoms with E-state index in [0.29, 0.717) is 66.3 Å². The Labute approximate surface area is 320 Å². The van der Waals surface area contributed by atoms with Crippen molar-refractivity contribution in [1.29, 1.82) is 0 Å². The molecule has 248 valence electrons. The Morgan fingerprint density at radius 3 is 2.17 bits per heavy atom. The average Bonchev–Trinajstić information content (AvgIpc) is 3.86. The quantitative estimate of drug-likeness (QED) is 0.0885. The number of carboxylic acid groups (broad SMARTS) is 1. The molecule has 1 aliphatic carbocycles. The first kappa shape index (κ1) is 37.2. The summed E-state index contributed by atoms with van der Waals surface area (Å²) in [5.41, 5.74) is -0.229. The number of nitrogens with zero attached hydrogens (tertiary/aromatic N) is 1. The fourth-order valence-corrected chi connectivity index (χ4v) is 5.01. The van der Waals surface area contributed by atoms with Crippen LogP contribution >= 0.6 is 0 Å². The predicted molar refractivity (Wildman–Crippen MR) is 172 cm³/mol. The van der Waals surface area contributed by atoms with Crippen molar-refractivity contribution >= 4 is 40.1 Å². The monoisotopic (exact) mass is 687 g/mol. The van der Waals surface area contributed by atoms with Gasteiger partial charge >= 0.3 is 57.4 Å². The Bertz CT molecular complexity index is 1770. The average molecular weight is 688 g/mol. The van der Waals surface area contributed by atoms with E-state index in [1.807, 2.05) is 6.92 Å². The number of aromatic nitrogens is 1. The molecular weight excluding hydrogens is 651 g/mol. The molecule has 1 aromatic heterocycles. The molecule has 0 radical (unpaired) electrons. The van der Waals surface area contributed by atoms with E-state index >= 15 is 4.39 Å². The van der Waals surface area contributed by atoms with Gasteiger partial charge in [-0.1, -0.05) is 12.8 Å². The zero-order valence-electron chi connectivity index (χ0n) is 27.8. The number of ether oxygens (including phenoxy) is 3. The number of carbonyl (C=O) groups excluding carboxylic acids is 2. The van der Waals surface area contributed by atoms with E-state index in [1.165, 1.54) is 42.6 Å². The normalized spacial score (nSPS) is 12.8. The number of carboxylic acids is 1. The van der Waals surface area contributed by atoms with E-state index in [9.17, 15) is 18.8 Å². The first-order valence-corrected chi connectivity index (χ1v) is 15.4. The summed E-state index contributed by atoms with van der Waals surface area (Å²) in [5, 5.41) is 14.6. The second-order valence-electron chi connectivity index (χ2n) is 11.2. The number of hydrogen-bond donors (Lipinski definition) is 3. The van der Waals surface area contributed by atoms with Gasteiger partial charge in [-0.3, -0.25) is 19.4 Å². The first-order chi connectivity index (χ1) is 22.7. The third kappa shape index (κ3) is 9.50. The molecule has 0 bridgehead atoms. The minimum absolute atomic E-state index is 0. The fourth-order valence-electron chi connectivity index (χ4n) is 5.01. The Kier molecular flexibility index (Phi) is 13.3. The van der Waals surface area contributed by atoms with Crippen LogP contribution in [0.15, 0.2) is 66.9 Å². The molecule has 1 heterocycles. The molecule has 0 spiro atoms. The number of rotatable bonds is 16. The molecule has 1 saturated carbocycles. The van der Waals surface area contributed by atoms with Gasteiger partial charge in [-0.25, -0.2) is 8.78 Å². The molecule has 0 atom stereocenters. The van der Waals surface area contributed by atoms with E-state index in [-0.39, 0.29) is 70.7 Å². The maximum absolute atomic E-state index is 15.3. The van der Waals surface area contributed by atoms with Gasteiger partial charge in [0.1, 0.15) is 17.0 Å². The zero-order chi connectivity index (χ0) is 33.4. The summed E-state index contributed by atoms with van der Waals surface area (Å²) in [4.78, 5) is 41.0. The summed E-state index contributed by atoms with van der Waals surface area (Å²) in [6, 6.07) is 14.3. The van der Waals surface area contributed by atoms with Gasteiger partial charge in [0.25, 0.3) is 0 Å². The second kappa shape index (κ2) is 17.2. The number of halogens is 2. The van der Waals surface area contributed by atoms with Crippen LogP contribution in [-0.2, 0) is 14.4 Å². The minimum Gasteiger partial charge on any atom is -1.00 e. The van der Waals surface area contributed by atoms with Gasteiger partial charge < -0.3 is 31.4 Å². The van der Waals surface area contributed by atoms with Crippen LogP contribution in [0.3, 0.4) is 0 Å². The van der Waals surface area contributed by atoms with Gasteiger partial charge in [0.15, 0.2) is 23.1 Å². The van der Waals surface area contributed by atoms with Crippen molar-refractivity contribution in [2.45, 2.75) is 51.9 Å². The number of pyridine rings is 1. The van der Waals surface area contributed by atoms with Crippen LogP contribution in [0.25, 0.3) is 10.9 Å². The molecule has 4 aromatic rings. The van der Waals surface area contributed by atoms with Crippen LogP contribution in [0.4, 0.5) is 20.2 Å². The van der Waals surface area contributed by atoms with E-state index in [4.69, 9.17) is 19.3 Å². The summed E-state index contributed by atoms with van der Waals surface area (Å²) >= 11 is 0. The largest absolute Gasteiger partial charge is 1.00 e. The van der Waals surface area contributed by atoms with Crippen LogP contribution in [-0.4, -0.2) is 41.1 Å². The Morgan fingerprint density at radius 1 is 0.833 bits per heavy atom. The van der Waals surface area contributed by atoms with E-state index in [2.05, 4.69) is 15.6 Å². The molecule has 10 nitrogen and oxygen atoms in total. The molecule has 0 aliphatic heterocycles. The smallest absolute Gasteiger partial charge is 1.00 e. The summed E-state index contributed by atoms with van der Waals surface area (Å²) in [6.45, 7) is 2.64. The molecule has 1 fully saturated rings. The van der Waals surface area contributed by atoms with Crippen molar-refractivity contribution in [3.8, 4) is 23.0 Å². The number of anilines is 2. The standard InChI is InChI=1S/C35H35F2N3O7.K.H/c1-2-45-30-20-25-27(21-31(30)46-18-6-4-3-5-7-32(41)42)38-17-14-28(25)47-29-13-12-24(19-26(29)37)40-34(44)35(15-16-35)33(43)39-23-10-8-22(36)9-11-23;;/h8-14,17,19-21H,2-7,15-16,18H2,1H3,(H,39,43)(H,40,44)(H,41,42);;/q;+1;-1. The van der Waals surface area contributed by atoms with Crippen LogP contribution in [0.2, 0.25) is 0 Å². The number of unbranched alkanes of at least 4 members (excludes halogenated alkanes) is 3. The molecule has 3 aromatic carbocycles. The molecule has 3 N–H and O–H groups in total. The van der Waals surface area contributed by atoms with Crippen molar-refractivity contribution in [2.75, 3.05) is 23.8 Å². The van der Waals surface area contributed by atoms with Gasteiger partial charge in [-0.2, -0.15) is 0 Å². The molecule has 5 rings (SSSR count). The van der Waals surface area contributed by atoms with Crippen LogP contribution < -0.4 is 76.2 Å². The Balaban J connectivity index is 0.00000325. The van der Waals surface area contributed by atoms with Gasteiger partial charge in [0, 0.05) is 41.5 Å². The van der Waals surface area contributed by atoms with E-state index in [0.717, 1.165) is 25.3 Å². The Hall–Kier alpha value is -3.62.